The monoisotopic (exact) mass is 439 g/mol. The molecule has 1 aromatic rings. The normalized spacial score (nSPS) is 15.1. The van der Waals surface area contributed by atoms with Crippen LogP contribution >= 0.6 is 0 Å². The third-order valence-corrected chi connectivity index (χ3v) is 7.15. The summed E-state index contributed by atoms with van der Waals surface area (Å²) in [4.78, 5) is 15.2. The minimum atomic E-state index is -3.61. The Morgan fingerprint density at radius 2 is 1.80 bits per heavy atom. The molecule has 1 heterocycles. The van der Waals surface area contributed by atoms with Gasteiger partial charge in [0.2, 0.25) is 10.0 Å². The van der Waals surface area contributed by atoms with Crippen LogP contribution in [-0.2, 0) is 14.8 Å². The van der Waals surface area contributed by atoms with Crippen LogP contribution in [0, 0.1) is 5.92 Å². The van der Waals surface area contributed by atoms with Crippen molar-refractivity contribution in [3.8, 4) is 0 Å². The zero-order valence-corrected chi connectivity index (χ0v) is 19.6. The SMILES string of the molecule is CC(C)CCCCCCNC(=O)c1cc(S(=O)(=O)N(C)C)ccc1N1CCOCC1. The number of carbonyl (C=O) groups is 1. The first-order valence-corrected chi connectivity index (χ1v) is 12.3. The van der Waals surface area contributed by atoms with E-state index in [1.165, 1.54) is 39.4 Å². The van der Waals surface area contributed by atoms with Crippen molar-refractivity contribution in [1.29, 1.82) is 0 Å². The zero-order chi connectivity index (χ0) is 22.1. The predicted octanol–water partition coefficient (Wildman–Crippen LogP) is 3.11. The lowest BCUT2D eigenvalue weighted by molar-refractivity contribution is 0.0951. The molecule has 1 aliphatic rings. The van der Waals surface area contributed by atoms with E-state index in [1.807, 2.05) is 0 Å². The average Bonchev–Trinajstić information content (AvgIpc) is 2.72. The van der Waals surface area contributed by atoms with Crippen molar-refractivity contribution in [1.82, 2.24) is 9.62 Å². The van der Waals surface area contributed by atoms with E-state index in [0.717, 1.165) is 28.8 Å². The van der Waals surface area contributed by atoms with Gasteiger partial charge < -0.3 is 15.0 Å². The van der Waals surface area contributed by atoms with Crippen molar-refractivity contribution in [3.05, 3.63) is 23.8 Å². The van der Waals surface area contributed by atoms with Gasteiger partial charge in [0.05, 0.1) is 23.7 Å². The van der Waals surface area contributed by atoms with Crippen molar-refractivity contribution in [3.63, 3.8) is 0 Å². The number of hydrogen-bond donors (Lipinski definition) is 1. The number of amides is 1. The Hall–Kier alpha value is -1.64. The fourth-order valence-electron chi connectivity index (χ4n) is 3.48. The van der Waals surface area contributed by atoms with Crippen LogP contribution in [0.2, 0.25) is 0 Å². The Bertz CT molecular complexity index is 788. The van der Waals surface area contributed by atoms with E-state index in [2.05, 4.69) is 24.1 Å². The highest BCUT2D eigenvalue weighted by Gasteiger charge is 2.24. The van der Waals surface area contributed by atoms with Gasteiger partial charge in [-0.25, -0.2) is 12.7 Å². The summed E-state index contributed by atoms with van der Waals surface area (Å²) in [5, 5.41) is 2.98. The number of ether oxygens (including phenoxy) is 1. The van der Waals surface area contributed by atoms with Crippen LogP contribution < -0.4 is 10.2 Å². The van der Waals surface area contributed by atoms with E-state index in [4.69, 9.17) is 4.74 Å². The Kier molecular flexibility index (Phi) is 9.58. The molecule has 1 aliphatic heterocycles. The maximum absolute atomic E-state index is 13.0. The number of anilines is 1. The summed E-state index contributed by atoms with van der Waals surface area (Å²) in [6.07, 6.45) is 5.63. The summed E-state index contributed by atoms with van der Waals surface area (Å²) in [5.41, 5.74) is 1.16. The molecule has 0 aromatic heterocycles. The van der Waals surface area contributed by atoms with Gasteiger partial charge in [-0.2, -0.15) is 0 Å². The first kappa shape index (κ1) is 24.6. The van der Waals surface area contributed by atoms with Crippen LogP contribution in [0.25, 0.3) is 0 Å². The van der Waals surface area contributed by atoms with Crippen molar-refractivity contribution in [2.75, 3.05) is 51.8 Å². The van der Waals surface area contributed by atoms with E-state index in [1.54, 1.807) is 12.1 Å². The van der Waals surface area contributed by atoms with Crippen LogP contribution in [0.4, 0.5) is 5.69 Å². The second kappa shape index (κ2) is 11.7. The molecular formula is C22H37N3O4S. The molecule has 1 aromatic carbocycles. The van der Waals surface area contributed by atoms with Crippen molar-refractivity contribution < 1.29 is 17.9 Å². The van der Waals surface area contributed by atoms with E-state index >= 15 is 0 Å². The average molecular weight is 440 g/mol. The Labute approximate surface area is 181 Å². The fraction of sp³-hybridized carbons (Fsp3) is 0.682. The second-order valence-electron chi connectivity index (χ2n) is 8.42. The summed E-state index contributed by atoms with van der Waals surface area (Å²) in [5.74, 6) is 0.503. The third-order valence-electron chi connectivity index (χ3n) is 5.34. The molecule has 1 N–H and O–H groups in total. The van der Waals surface area contributed by atoms with Crippen LogP contribution in [0.3, 0.4) is 0 Å². The smallest absolute Gasteiger partial charge is 0.253 e. The first-order valence-electron chi connectivity index (χ1n) is 10.9. The largest absolute Gasteiger partial charge is 0.378 e. The number of benzene rings is 1. The van der Waals surface area contributed by atoms with E-state index < -0.39 is 10.0 Å². The van der Waals surface area contributed by atoms with Gasteiger partial charge in [-0.05, 0) is 30.5 Å². The standard InChI is InChI=1S/C22H37N3O4S/c1-18(2)9-7-5-6-8-12-23-22(26)20-17-19(30(27,28)24(3)4)10-11-21(20)25-13-15-29-16-14-25/h10-11,17-18H,5-9,12-16H2,1-4H3,(H,23,26). The zero-order valence-electron chi connectivity index (χ0n) is 18.8. The van der Waals surface area contributed by atoms with Crippen LogP contribution in [0.1, 0.15) is 56.3 Å². The molecule has 0 atom stereocenters. The molecule has 0 bridgehead atoms. The van der Waals surface area contributed by atoms with Gasteiger partial charge in [0.15, 0.2) is 0 Å². The molecule has 0 radical (unpaired) electrons. The molecule has 1 amide bonds. The molecule has 2 rings (SSSR count). The lowest BCUT2D eigenvalue weighted by Gasteiger charge is -2.30. The molecule has 0 aliphatic carbocycles. The molecule has 8 heteroatoms. The van der Waals surface area contributed by atoms with Gasteiger partial charge in [0.25, 0.3) is 5.91 Å². The molecular weight excluding hydrogens is 402 g/mol. The molecule has 0 spiro atoms. The van der Waals surface area contributed by atoms with E-state index in [-0.39, 0.29) is 10.8 Å². The fourth-order valence-corrected chi connectivity index (χ4v) is 4.41. The molecule has 1 fully saturated rings. The molecule has 1 saturated heterocycles. The number of nitrogens with zero attached hydrogens (tertiary/aromatic N) is 2. The van der Waals surface area contributed by atoms with Gasteiger partial charge in [-0.3, -0.25) is 4.79 Å². The number of hydrogen-bond acceptors (Lipinski definition) is 5. The van der Waals surface area contributed by atoms with Crippen molar-refractivity contribution >= 4 is 21.6 Å². The number of carbonyl (C=O) groups excluding carboxylic acids is 1. The van der Waals surface area contributed by atoms with Gasteiger partial charge in [-0.15, -0.1) is 0 Å². The molecule has 0 unspecified atom stereocenters. The summed E-state index contributed by atoms with van der Waals surface area (Å²) < 4.78 is 31.7. The lowest BCUT2D eigenvalue weighted by Crippen LogP contribution is -2.38. The molecule has 0 saturated carbocycles. The summed E-state index contributed by atoms with van der Waals surface area (Å²) in [6.45, 7) is 7.59. The Balaban J connectivity index is 2.09. The van der Waals surface area contributed by atoms with Gasteiger partial charge >= 0.3 is 0 Å². The Morgan fingerprint density at radius 3 is 2.43 bits per heavy atom. The van der Waals surface area contributed by atoms with Gasteiger partial charge in [-0.1, -0.05) is 39.5 Å². The summed E-state index contributed by atoms with van der Waals surface area (Å²) in [7, 11) is -0.632. The highest BCUT2D eigenvalue weighted by Crippen LogP contribution is 2.26. The number of nitrogens with one attached hydrogen (secondary N) is 1. The quantitative estimate of drug-likeness (QED) is 0.536. The maximum atomic E-state index is 13.0. The number of morpholine rings is 1. The lowest BCUT2D eigenvalue weighted by atomic mass is 10.0. The molecule has 30 heavy (non-hydrogen) atoms. The highest BCUT2D eigenvalue weighted by atomic mass is 32.2. The topological polar surface area (TPSA) is 79.0 Å². The molecule has 170 valence electrons. The first-order chi connectivity index (χ1) is 14.2. The van der Waals surface area contributed by atoms with Crippen molar-refractivity contribution in [2.24, 2.45) is 5.92 Å². The predicted molar refractivity (Wildman–Crippen MR) is 121 cm³/mol. The van der Waals surface area contributed by atoms with E-state index in [0.29, 0.717) is 38.4 Å². The highest BCUT2D eigenvalue weighted by molar-refractivity contribution is 7.89. The van der Waals surface area contributed by atoms with Gasteiger partial charge in [0, 0.05) is 39.4 Å². The minimum absolute atomic E-state index is 0.128. The van der Waals surface area contributed by atoms with Crippen LogP contribution in [0.15, 0.2) is 23.1 Å². The van der Waals surface area contributed by atoms with Crippen LogP contribution in [-0.4, -0.2) is 65.6 Å². The van der Waals surface area contributed by atoms with E-state index in [9.17, 15) is 13.2 Å². The minimum Gasteiger partial charge on any atom is -0.378 e. The number of rotatable bonds is 11. The number of sulfonamides is 1. The van der Waals surface area contributed by atoms with Gasteiger partial charge in [0.1, 0.15) is 0 Å². The second-order valence-corrected chi connectivity index (χ2v) is 10.6. The summed E-state index contributed by atoms with van der Waals surface area (Å²) in [6, 6.07) is 4.81. The third kappa shape index (κ3) is 6.96. The molecule has 7 nitrogen and oxygen atoms in total. The summed E-state index contributed by atoms with van der Waals surface area (Å²) >= 11 is 0. The number of unbranched alkanes of at least 4 members (excludes halogenated alkanes) is 3. The van der Waals surface area contributed by atoms with Crippen molar-refractivity contribution in [2.45, 2.75) is 50.8 Å². The van der Waals surface area contributed by atoms with Crippen LogP contribution in [0.5, 0.6) is 0 Å². The maximum Gasteiger partial charge on any atom is 0.253 e. The Morgan fingerprint density at radius 1 is 1.13 bits per heavy atom.